The molecular formula is C42H41N3O7S2. The molecule has 3 aromatic carbocycles. The van der Waals surface area contributed by atoms with Gasteiger partial charge in [-0.2, -0.15) is 0 Å². The number of benzene rings is 3. The van der Waals surface area contributed by atoms with Crippen LogP contribution < -0.4 is 16.4 Å². The van der Waals surface area contributed by atoms with E-state index in [4.69, 9.17) is 0 Å². The topological polar surface area (TPSA) is 148 Å². The number of anilines is 1. The van der Waals surface area contributed by atoms with Gasteiger partial charge in [-0.3, -0.25) is 22.9 Å². The zero-order chi connectivity index (χ0) is 37.8. The van der Waals surface area contributed by atoms with E-state index in [0.717, 1.165) is 69.4 Å². The van der Waals surface area contributed by atoms with Gasteiger partial charge in [0, 0.05) is 30.1 Å². The number of hydrogen-bond acceptors (Lipinski definition) is 7. The Morgan fingerprint density at radius 1 is 0.796 bits per heavy atom. The minimum atomic E-state index is -1.46. The van der Waals surface area contributed by atoms with Crippen molar-refractivity contribution in [2.24, 2.45) is 0 Å². The smallest absolute Gasteiger partial charge is 0.327 e. The zero-order valence-electron chi connectivity index (χ0n) is 30.0. The van der Waals surface area contributed by atoms with Gasteiger partial charge in [0.15, 0.2) is 0 Å². The number of aryl methyl sites for hydroxylation is 1. The summed E-state index contributed by atoms with van der Waals surface area (Å²) in [4.78, 5) is 48.5. The van der Waals surface area contributed by atoms with E-state index in [1.807, 2.05) is 24.3 Å². The Balaban J connectivity index is 0.000000154. The maximum atomic E-state index is 12.8. The monoisotopic (exact) mass is 763 g/mol. The highest BCUT2D eigenvalue weighted by Gasteiger charge is 2.41. The summed E-state index contributed by atoms with van der Waals surface area (Å²) in [5, 5.41) is 26.0. The highest BCUT2D eigenvalue weighted by atomic mass is 32.2. The fraction of sp³-hybridized carbons (Fsp3) is 0.333. The van der Waals surface area contributed by atoms with Crippen molar-refractivity contribution < 1.29 is 24.0 Å². The zero-order valence-corrected chi connectivity index (χ0v) is 31.7. The fourth-order valence-electron chi connectivity index (χ4n) is 7.88. The highest BCUT2D eigenvalue weighted by molar-refractivity contribution is 7.99. The molecule has 4 aliphatic rings. The molecule has 0 spiro atoms. The summed E-state index contributed by atoms with van der Waals surface area (Å²) in [5.41, 5.74) is 8.05. The van der Waals surface area contributed by atoms with E-state index in [1.165, 1.54) is 37.6 Å². The number of aromatic nitrogens is 2. The number of nitrogens with one attached hydrogen (secondary N) is 1. The first kappa shape index (κ1) is 36.1. The average molecular weight is 764 g/mol. The molecule has 2 unspecified atom stereocenters. The maximum absolute atomic E-state index is 12.8. The van der Waals surface area contributed by atoms with Gasteiger partial charge < -0.3 is 15.5 Å². The second-order valence-corrected chi connectivity index (χ2v) is 17.1. The maximum Gasteiger partial charge on any atom is 0.327 e. The fourth-order valence-corrected chi connectivity index (χ4v) is 11.0. The van der Waals surface area contributed by atoms with Crippen LogP contribution in [0.1, 0.15) is 88.5 Å². The van der Waals surface area contributed by atoms with Gasteiger partial charge >= 0.3 is 11.9 Å². The number of fused-ring (bicyclic) bond motifs is 3. The molecule has 0 radical (unpaired) electrons. The van der Waals surface area contributed by atoms with Crippen LogP contribution in [0.25, 0.3) is 10.8 Å². The highest BCUT2D eigenvalue weighted by Crippen LogP contribution is 2.49. The number of hydrogen-bond donors (Lipinski definition) is 3. The van der Waals surface area contributed by atoms with E-state index < -0.39 is 34.8 Å². The molecule has 2 aliphatic carbocycles. The van der Waals surface area contributed by atoms with Crippen molar-refractivity contribution in [3.8, 4) is 0 Å². The van der Waals surface area contributed by atoms with Gasteiger partial charge in [-0.05, 0) is 114 Å². The second kappa shape index (κ2) is 14.4. The molecule has 2 aliphatic heterocycles. The van der Waals surface area contributed by atoms with E-state index in [-0.39, 0.29) is 22.8 Å². The van der Waals surface area contributed by atoms with Gasteiger partial charge in [0.2, 0.25) is 0 Å². The van der Waals surface area contributed by atoms with Crippen molar-refractivity contribution >= 4 is 51.0 Å². The van der Waals surface area contributed by atoms with Crippen LogP contribution in [-0.4, -0.2) is 47.0 Å². The van der Waals surface area contributed by atoms with Crippen molar-refractivity contribution in [1.82, 2.24) is 9.13 Å². The van der Waals surface area contributed by atoms with Crippen molar-refractivity contribution in [3.05, 3.63) is 132 Å². The molecule has 278 valence electrons. The number of carboxylic acids is 2. The molecule has 0 amide bonds. The molecule has 3 atom stereocenters. The van der Waals surface area contributed by atoms with Crippen LogP contribution in [0.5, 0.6) is 0 Å². The lowest BCUT2D eigenvalue weighted by molar-refractivity contribution is -0.141. The first-order chi connectivity index (χ1) is 26.0. The molecule has 9 rings (SSSR count). The minimum Gasteiger partial charge on any atom is -0.480 e. The van der Waals surface area contributed by atoms with Crippen molar-refractivity contribution in [1.29, 1.82) is 0 Å². The molecule has 3 N–H and O–H groups in total. The summed E-state index contributed by atoms with van der Waals surface area (Å²) in [5.74, 6) is -0.907. The quantitative estimate of drug-likeness (QED) is 0.146. The summed E-state index contributed by atoms with van der Waals surface area (Å²) >= 11 is 1.51. The van der Waals surface area contributed by atoms with Crippen LogP contribution in [0.3, 0.4) is 0 Å². The Hall–Kier alpha value is -4.94. The number of rotatable bonds is 9. The molecule has 0 saturated heterocycles. The summed E-state index contributed by atoms with van der Waals surface area (Å²) in [6.45, 7) is 4.75. The first-order valence-corrected chi connectivity index (χ1v) is 20.6. The second-order valence-electron chi connectivity index (χ2n) is 14.7. The van der Waals surface area contributed by atoms with Crippen LogP contribution in [0.15, 0.2) is 92.4 Å². The van der Waals surface area contributed by atoms with E-state index in [9.17, 15) is 33.6 Å². The standard InChI is InChI=1S/C22H19NO4S.C20H22N2O3S/c24-19-11-16(10-15-6-3-5-13-4-1-2-7-17(13)15)20(14-8-9-14)21-23(19)18(22(25)26)12-28(21)27;1-11-4-3-5-15(12(11)2)21-9-14-8-17(23)22-16(20(24)25)10-26-19(22)18(14)13-6-7-13/h1-7,11,14,18H,8-10,12H2,(H,25,26);3-5,8,13,16,21H,6-7,9-10H2,1-2H3,(H,24,25)/t;16-/m.0/s1. The van der Waals surface area contributed by atoms with Crippen LogP contribution in [0.4, 0.5) is 5.69 Å². The normalized spacial score (nSPS) is 19.9. The summed E-state index contributed by atoms with van der Waals surface area (Å²) < 4.78 is 15.5. The number of carboxylic acid groups (broad SMARTS) is 2. The van der Waals surface area contributed by atoms with Crippen molar-refractivity contribution in [3.63, 3.8) is 0 Å². The Bertz CT molecular complexity index is 2490. The van der Waals surface area contributed by atoms with Gasteiger partial charge in [0.25, 0.3) is 11.1 Å². The van der Waals surface area contributed by atoms with Gasteiger partial charge in [-0.15, -0.1) is 11.8 Å². The number of carbonyl (C=O) groups is 2. The van der Waals surface area contributed by atoms with Crippen molar-refractivity contribution in [2.45, 2.75) is 86.5 Å². The molecule has 12 heteroatoms. The van der Waals surface area contributed by atoms with Crippen LogP contribution >= 0.6 is 11.8 Å². The Kier molecular flexibility index (Phi) is 9.60. The number of aliphatic carboxylic acids is 2. The number of nitrogens with zero attached hydrogens (tertiary/aromatic N) is 2. The lowest BCUT2D eigenvalue weighted by Gasteiger charge is -2.18. The lowest BCUT2D eigenvalue weighted by atomic mass is 9.95. The molecule has 2 saturated carbocycles. The van der Waals surface area contributed by atoms with Gasteiger partial charge in [0.05, 0.1) is 21.6 Å². The lowest BCUT2D eigenvalue weighted by Crippen LogP contribution is -2.29. The third kappa shape index (κ3) is 6.70. The average Bonchev–Trinajstić information content (AvgIpc) is 4.08. The summed E-state index contributed by atoms with van der Waals surface area (Å²) in [7, 11) is -1.46. The van der Waals surface area contributed by atoms with Gasteiger partial charge in [0.1, 0.15) is 17.1 Å². The van der Waals surface area contributed by atoms with E-state index >= 15 is 0 Å². The third-order valence-corrected chi connectivity index (χ3v) is 13.7. The molecule has 0 bridgehead atoms. The summed E-state index contributed by atoms with van der Waals surface area (Å²) in [6, 6.07) is 21.8. The Morgan fingerprint density at radius 3 is 2.17 bits per heavy atom. The van der Waals surface area contributed by atoms with Gasteiger partial charge in [-0.25, -0.2) is 9.59 Å². The molecule has 10 nitrogen and oxygen atoms in total. The minimum absolute atomic E-state index is 0.0258. The Morgan fingerprint density at radius 2 is 1.44 bits per heavy atom. The largest absolute Gasteiger partial charge is 0.480 e. The van der Waals surface area contributed by atoms with Crippen molar-refractivity contribution in [2.75, 3.05) is 16.8 Å². The molecule has 5 aromatic rings. The number of pyridine rings is 2. The molecule has 54 heavy (non-hydrogen) atoms. The Labute approximate surface area is 318 Å². The van der Waals surface area contributed by atoms with Crippen LogP contribution in [-0.2, 0) is 33.4 Å². The SMILES string of the molecule is Cc1cccc(NCc2cc(=O)n3c(c2C2CC2)SC[C@H]3C(=O)O)c1C.O=C(O)C1CS(=O)c2c(C3CC3)c(Cc3cccc4ccccc34)cc(=O)n21. The van der Waals surface area contributed by atoms with E-state index in [0.29, 0.717) is 29.7 Å². The third-order valence-electron chi connectivity index (χ3n) is 11.1. The molecule has 2 fully saturated rings. The summed E-state index contributed by atoms with van der Waals surface area (Å²) in [6.07, 6.45) is 4.77. The first-order valence-electron chi connectivity index (χ1n) is 18.3. The van der Waals surface area contributed by atoms with Crippen LogP contribution in [0.2, 0.25) is 0 Å². The molecular weight excluding hydrogens is 723 g/mol. The van der Waals surface area contributed by atoms with Crippen LogP contribution in [0, 0.1) is 13.8 Å². The predicted molar refractivity (Wildman–Crippen MR) is 211 cm³/mol. The van der Waals surface area contributed by atoms with E-state index in [1.54, 1.807) is 12.1 Å². The molecule has 2 aromatic heterocycles. The van der Waals surface area contributed by atoms with Gasteiger partial charge in [-0.1, -0.05) is 54.6 Å². The number of thioether (sulfide) groups is 1. The van der Waals surface area contributed by atoms with E-state index in [2.05, 4.69) is 55.6 Å². The molecule has 4 heterocycles. The predicted octanol–water partition coefficient (Wildman–Crippen LogP) is 6.90.